The first-order valence-electron chi connectivity index (χ1n) is 8.81. The first kappa shape index (κ1) is 19.9. The van der Waals surface area contributed by atoms with Gasteiger partial charge in [-0.3, -0.25) is 0 Å². The third kappa shape index (κ3) is 7.95. The highest BCUT2D eigenvalue weighted by Crippen LogP contribution is 2.11. The van der Waals surface area contributed by atoms with E-state index in [1.54, 1.807) is 12.1 Å². The van der Waals surface area contributed by atoms with Gasteiger partial charge in [-0.15, -0.1) is 0 Å². The second kappa shape index (κ2) is 12.3. The maximum atomic E-state index is 11.9. The van der Waals surface area contributed by atoms with Gasteiger partial charge in [0.15, 0.2) is 0 Å². The van der Waals surface area contributed by atoms with Crippen LogP contribution in [0.25, 0.3) is 0 Å². The number of ether oxygens (including phenoxy) is 1. The Morgan fingerprint density at radius 1 is 0.958 bits per heavy atom. The van der Waals surface area contributed by atoms with Gasteiger partial charge >= 0.3 is 11.9 Å². The summed E-state index contributed by atoms with van der Waals surface area (Å²) < 4.78 is 5.14. The van der Waals surface area contributed by atoms with Crippen molar-refractivity contribution >= 4 is 11.9 Å². The smallest absolute Gasteiger partial charge is 0.339 e. The number of hydrogen-bond acceptors (Lipinski definition) is 3. The van der Waals surface area contributed by atoms with E-state index in [0.717, 1.165) is 6.42 Å². The van der Waals surface area contributed by atoms with E-state index in [1.165, 1.54) is 50.7 Å². The summed E-state index contributed by atoms with van der Waals surface area (Å²) in [5.41, 5.74) is 0.0715. The second-order valence-electron chi connectivity index (χ2n) is 5.80. The molecular formula is C20H28O4. The van der Waals surface area contributed by atoms with Crippen molar-refractivity contribution in [2.75, 3.05) is 6.61 Å². The summed E-state index contributed by atoms with van der Waals surface area (Å²) in [6.07, 6.45) is 13.6. The van der Waals surface area contributed by atoms with Gasteiger partial charge < -0.3 is 9.84 Å². The molecule has 0 aliphatic heterocycles. The van der Waals surface area contributed by atoms with Crippen molar-refractivity contribution in [1.82, 2.24) is 0 Å². The highest BCUT2D eigenvalue weighted by atomic mass is 16.5. The van der Waals surface area contributed by atoms with Crippen molar-refractivity contribution in [3.63, 3.8) is 0 Å². The van der Waals surface area contributed by atoms with Crippen molar-refractivity contribution in [3.8, 4) is 0 Å². The largest absolute Gasteiger partial charge is 0.478 e. The monoisotopic (exact) mass is 332 g/mol. The summed E-state index contributed by atoms with van der Waals surface area (Å²) in [5.74, 6) is -1.71. The maximum Gasteiger partial charge on any atom is 0.339 e. The first-order valence-corrected chi connectivity index (χ1v) is 8.81. The fourth-order valence-corrected chi connectivity index (χ4v) is 2.42. The van der Waals surface area contributed by atoms with Gasteiger partial charge in [-0.05, 0) is 31.4 Å². The van der Waals surface area contributed by atoms with Crippen LogP contribution in [-0.4, -0.2) is 23.7 Å². The van der Waals surface area contributed by atoms with Crippen molar-refractivity contribution in [2.24, 2.45) is 0 Å². The number of allylic oxidation sites excluding steroid dienone is 1. The summed E-state index contributed by atoms with van der Waals surface area (Å²) in [7, 11) is 0. The molecule has 0 saturated carbocycles. The Hall–Kier alpha value is -2.10. The molecule has 0 unspecified atom stereocenters. The molecule has 0 saturated heterocycles. The van der Waals surface area contributed by atoms with Gasteiger partial charge in [-0.2, -0.15) is 0 Å². The third-order valence-electron chi connectivity index (χ3n) is 3.79. The van der Waals surface area contributed by atoms with E-state index in [0.29, 0.717) is 6.42 Å². The van der Waals surface area contributed by atoms with E-state index in [4.69, 9.17) is 9.84 Å². The van der Waals surface area contributed by atoms with Crippen LogP contribution in [-0.2, 0) is 4.74 Å². The molecule has 0 aromatic heterocycles. The lowest BCUT2D eigenvalue weighted by Crippen LogP contribution is -2.11. The van der Waals surface area contributed by atoms with Gasteiger partial charge in [-0.1, -0.05) is 63.3 Å². The van der Waals surface area contributed by atoms with E-state index < -0.39 is 11.9 Å². The van der Waals surface area contributed by atoms with Crippen LogP contribution in [0, 0.1) is 0 Å². The maximum absolute atomic E-state index is 11.9. The lowest BCUT2D eigenvalue weighted by molar-refractivity contribution is 0.0500. The van der Waals surface area contributed by atoms with Gasteiger partial charge in [0.25, 0.3) is 0 Å². The number of benzene rings is 1. The molecule has 24 heavy (non-hydrogen) atoms. The summed E-state index contributed by atoms with van der Waals surface area (Å²) in [6.45, 7) is 2.48. The number of rotatable bonds is 12. The molecule has 132 valence electrons. The molecule has 1 aromatic carbocycles. The zero-order valence-corrected chi connectivity index (χ0v) is 14.5. The Bertz CT molecular complexity index is 534. The molecule has 4 heteroatoms. The van der Waals surface area contributed by atoms with Crippen LogP contribution < -0.4 is 0 Å². The molecular weight excluding hydrogens is 304 g/mol. The molecule has 0 bridgehead atoms. The first-order chi connectivity index (χ1) is 11.7. The number of aromatic carboxylic acids is 1. The molecule has 0 radical (unpaired) electrons. The van der Waals surface area contributed by atoms with Crippen LogP contribution in [0.1, 0.15) is 79.0 Å². The van der Waals surface area contributed by atoms with Crippen molar-refractivity contribution in [3.05, 3.63) is 47.5 Å². The zero-order chi connectivity index (χ0) is 17.6. The van der Waals surface area contributed by atoms with E-state index in [1.807, 2.05) is 6.08 Å². The summed E-state index contributed by atoms with van der Waals surface area (Å²) in [4.78, 5) is 23.0. The van der Waals surface area contributed by atoms with Gasteiger partial charge in [-0.25, -0.2) is 9.59 Å². The van der Waals surface area contributed by atoms with E-state index in [-0.39, 0.29) is 17.7 Å². The minimum absolute atomic E-state index is 0.0267. The second-order valence-corrected chi connectivity index (χ2v) is 5.80. The lowest BCUT2D eigenvalue weighted by atomic mass is 10.1. The third-order valence-corrected chi connectivity index (χ3v) is 3.79. The number of carbonyl (C=O) groups excluding carboxylic acids is 1. The van der Waals surface area contributed by atoms with Crippen LogP contribution in [0.3, 0.4) is 0 Å². The Morgan fingerprint density at radius 3 is 2.29 bits per heavy atom. The Labute approximate surface area is 144 Å². The summed E-state index contributed by atoms with van der Waals surface area (Å²) in [6, 6.07) is 6.09. The van der Waals surface area contributed by atoms with Crippen molar-refractivity contribution in [1.29, 1.82) is 0 Å². The SMILES string of the molecule is CCCCCCCC/C=C/CCOC(=O)c1ccccc1C(=O)O. The summed E-state index contributed by atoms with van der Waals surface area (Å²) >= 11 is 0. The van der Waals surface area contributed by atoms with E-state index in [2.05, 4.69) is 13.0 Å². The minimum atomic E-state index is -1.12. The van der Waals surface area contributed by atoms with Crippen LogP contribution in [0.4, 0.5) is 0 Å². The van der Waals surface area contributed by atoms with E-state index >= 15 is 0 Å². The molecule has 0 aliphatic rings. The zero-order valence-electron chi connectivity index (χ0n) is 14.5. The predicted molar refractivity (Wildman–Crippen MR) is 95.4 cm³/mol. The van der Waals surface area contributed by atoms with Gasteiger partial charge in [0.1, 0.15) is 0 Å². The minimum Gasteiger partial charge on any atom is -0.478 e. The number of carboxylic acid groups (broad SMARTS) is 1. The number of hydrogen-bond donors (Lipinski definition) is 1. The number of carboxylic acids is 1. The van der Waals surface area contributed by atoms with Gasteiger partial charge in [0.2, 0.25) is 0 Å². The van der Waals surface area contributed by atoms with Crippen LogP contribution in [0.15, 0.2) is 36.4 Å². The molecule has 0 heterocycles. The average Bonchev–Trinajstić information content (AvgIpc) is 2.59. The van der Waals surface area contributed by atoms with Crippen LogP contribution in [0.2, 0.25) is 0 Å². The topological polar surface area (TPSA) is 63.6 Å². The number of esters is 1. The molecule has 4 nitrogen and oxygen atoms in total. The molecule has 1 aromatic rings. The van der Waals surface area contributed by atoms with Gasteiger partial charge in [0.05, 0.1) is 17.7 Å². The molecule has 1 rings (SSSR count). The standard InChI is InChI=1S/C20H28O4/c1-2-3-4-5-6-7-8-9-10-13-16-24-20(23)18-15-12-11-14-17(18)19(21)22/h9-12,14-15H,2-8,13,16H2,1H3,(H,21,22)/b10-9+. The molecule has 0 fully saturated rings. The molecule has 0 spiro atoms. The fraction of sp³-hybridized carbons (Fsp3) is 0.500. The number of unbranched alkanes of at least 4 members (excludes halogenated alkanes) is 6. The normalized spacial score (nSPS) is 10.9. The molecule has 0 aliphatic carbocycles. The van der Waals surface area contributed by atoms with Crippen LogP contribution >= 0.6 is 0 Å². The number of carbonyl (C=O) groups is 2. The average molecular weight is 332 g/mol. The van der Waals surface area contributed by atoms with Crippen molar-refractivity contribution < 1.29 is 19.4 Å². The molecule has 0 atom stereocenters. The van der Waals surface area contributed by atoms with E-state index in [9.17, 15) is 9.59 Å². The van der Waals surface area contributed by atoms with Crippen LogP contribution in [0.5, 0.6) is 0 Å². The highest BCUT2D eigenvalue weighted by Gasteiger charge is 2.16. The Morgan fingerprint density at radius 2 is 1.58 bits per heavy atom. The molecule has 1 N–H and O–H groups in total. The summed E-state index contributed by atoms with van der Waals surface area (Å²) in [5, 5.41) is 9.06. The highest BCUT2D eigenvalue weighted by molar-refractivity contribution is 6.02. The predicted octanol–water partition coefficient (Wildman–Crippen LogP) is 5.24. The van der Waals surface area contributed by atoms with Crippen molar-refractivity contribution in [2.45, 2.75) is 58.3 Å². The Kier molecular flexibility index (Phi) is 10.3. The Balaban J connectivity index is 2.18. The van der Waals surface area contributed by atoms with Gasteiger partial charge in [0, 0.05) is 0 Å². The lowest BCUT2D eigenvalue weighted by Gasteiger charge is -2.05. The molecule has 0 amide bonds. The fourth-order valence-electron chi connectivity index (χ4n) is 2.42. The quantitative estimate of drug-likeness (QED) is 0.323.